The van der Waals surface area contributed by atoms with Crippen molar-refractivity contribution in [3.05, 3.63) is 52.3 Å². The number of likely N-dealkylation sites (N-methyl/N-ethyl adjacent to an activating group) is 1. The Bertz CT molecular complexity index is 1060. The summed E-state index contributed by atoms with van der Waals surface area (Å²) in [6.07, 6.45) is -3.48. The predicted molar refractivity (Wildman–Crippen MR) is 105 cm³/mol. The van der Waals surface area contributed by atoms with Crippen LogP contribution in [0.25, 0.3) is 16.9 Å². The number of carbonyl (C=O) groups excluding carboxylic acids is 1. The van der Waals surface area contributed by atoms with Crippen LogP contribution in [0.1, 0.15) is 16.1 Å². The molecule has 29 heavy (non-hydrogen) atoms. The lowest BCUT2D eigenvalue weighted by Gasteiger charge is -2.32. The molecule has 0 unspecified atom stereocenters. The standard InChI is InChI=1S/C19H17BrF3N5O/c1-26-6-8-27(9-7-26)18(29)14-11-24-28-16(19(21,22)23)10-15(25-17(14)28)12-2-4-13(20)5-3-12/h2-5,10-11H,6-9H2,1H3. The fourth-order valence-electron chi connectivity index (χ4n) is 3.26. The van der Waals surface area contributed by atoms with Gasteiger partial charge in [-0.3, -0.25) is 4.79 Å². The molecule has 0 N–H and O–H groups in total. The van der Waals surface area contributed by atoms with Crippen molar-refractivity contribution in [2.24, 2.45) is 0 Å². The third-order valence-electron chi connectivity index (χ3n) is 4.92. The number of rotatable bonds is 2. The number of alkyl halides is 3. The van der Waals surface area contributed by atoms with Crippen LogP contribution in [0.4, 0.5) is 13.2 Å². The van der Waals surface area contributed by atoms with Crippen molar-refractivity contribution < 1.29 is 18.0 Å². The normalized spacial score (nSPS) is 15.8. The van der Waals surface area contributed by atoms with Crippen molar-refractivity contribution >= 4 is 27.5 Å². The molecule has 1 amide bonds. The number of halogens is 4. The molecule has 1 aromatic carbocycles. The molecule has 0 saturated carbocycles. The van der Waals surface area contributed by atoms with Crippen molar-refractivity contribution in [1.82, 2.24) is 24.4 Å². The maximum absolute atomic E-state index is 13.7. The van der Waals surface area contributed by atoms with Crippen molar-refractivity contribution in [1.29, 1.82) is 0 Å². The van der Waals surface area contributed by atoms with E-state index in [4.69, 9.17) is 0 Å². The molecule has 6 nitrogen and oxygen atoms in total. The summed E-state index contributed by atoms with van der Waals surface area (Å²) in [6.45, 7) is 2.42. The highest BCUT2D eigenvalue weighted by Gasteiger charge is 2.36. The number of nitrogens with zero attached hydrogens (tertiary/aromatic N) is 5. The number of fused-ring (bicyclic) bond motifs is 1. The molecular weight excluding hydrogens is 451 g/mol. The van der Waals surface area contributed by atoms with Gasteiger partial charge in [-0.2, -0.15) is 18.3 Å². The zero-order chi connectivity index (χ0) is 20.8. The molecule has 1 fully saturated rings. The Morgan fingerprint density at radius 2 is 1.76 bits per heavy atom. The number of hydrogen-bond donors (Lipinski definition) is 0. The van der Waals surface area contributed by atoms with E-state index < -0.39 is 11.9 Å². The average molecular weight is 468 g/mol. The molecule has 3 heterocycles. The summed E-state index contributed by atoms with van der Waals surface area (Å²) < 4.78 is 42.6. The van der Waals surface area contributed by atoms with Crippen LogP contribution in [-0.2, 0) is 6.18 Å². The maximum Gasteiger partial charge on any atom is 0.433 e. The Morgan fingerprint density at radius 1 is 1.10 bits per heavy atom. The van der Waals surface area contributed by atoms with E-state index in [1.54, 1.807) is 29.2 Å². The largest absolute Gasteiger partial charge is 0.433 e. The highest BCUT2D eigenvalue weighted by Crippen LogP contribution is 2.33. The predicted octanol–water partition coefficient (Wildman–Crippen LogP) is 3.57. The van der Waals surface area contributed by atoms with Crippen LogP contribution in [0.2, 0.25) is 0 Å². The van der Waals surface area contributed by atoms with Crippen molar-refractivity contribution in [2.75, 3.05) is 33.2 Å². The van der Waals surface area contributed by atoms with Gasteiger partial charge in [0.15, 0.2) is 11.3 Å². The second kappa shape index (κ2) is 7.42. The third-order valence-corrected chi connectivity index (χ3v) is 5.45. The first-order chi connectivity index (χ1) is 13.7. The van der Waals surface area contributed by atoms with Gasteiger partial charge in [-0.25, -0.2) is 9.50 Å². The molecule has 1 saturated heterocycles. The number of benzene rings is 1. The van der Waals surface area contributed by atoms with Crippen LogP contribution in [0, 0.1) is 0 Å². The minimum Gasteiger partial charge on any atom is -0.336 e. The van der Waals surface area contributed by atoms with E-state index in [9.17, 15) is 18.0 Å². The van der Waals surface area contributed by atoms with Gasteiger partial charge in [-0.15, -0.1) is 0 Å². The van der Waals surface area contributed by atoms with Crippen molar-refractivity contribution in [3.8, 4) is 11.3 Å². The molecule has 1 aliphatic rings. The minimum atomic E-state index is -4.65. The molecule has 152 valence electrons. The van der Waals surface area contributed by atoms with Crippen LogP contribution in [0.15, 0.2) is 41.0 Å². The van der Waals surface area contributed by atoms with E-state index in [2.05, 4.69) is 30.9 Å². The van der Waals surface area contributed by atoms with Crippen LogP contribution in [-0.4, -0.2) is 63.5 Å². The second-order valence-electron chi connectivity index (χ2n) is 6.92. The van der Waals surface area contributed by atoms with Crippen molar-refractivity contribution in [3.63, 3.8) is 0 Å². The fraction of sp³-hybridized carbons (Fsp3) is 0.316. The first-order valence-electron chi connectivity index (χ1n) is 8.94. The Balaban J connectivity index is 1.84. The molecule has 0 bridgehead atoms. The first kappa shape index (κ1) is 19.8. The number of piperazine rings is 1. The Hall–Kier alpha value is -2.46. The number of carbonyl (C=O) groups is 1. The van der Waals surface area contributed by atoms with Gasteiger partial charge in [0.1, 0.15) is 5.56 Å². The Morgan fingerprint density at radius 3 is 2.38 bits per heavy atom. The highest BCUT2D eigenvalue weighted by molar-refractivity contribution is 9.10. The summed E-state index contributed by atoms with van der Waals surface area (Å²) in [4.78, 5) is 21.0. The molecule has 0 atom stereocenters. The molecule has 4 rings (SSSR count). The second-order valence-corrected chi connectivity index (χ2v) is 7.84. The van der Waals surface area contributed by atoms with E-state index >= 15 is 0 Å². The Kier molecular flexibility index (Phi) is 5.07. The van der Waals surface area contributed by atoms with Crippen LogP contribution in [0.5, 0.6) is 0 Å². The molecule has 1 aliphatic heterocycles. The summed E-state index contributed by atoms with van der Waals surface area (Å²) in [7, 11) is 1.96. The lowest BCUT2D eigenvalue weighted by atomic mass is 10.1. The third kappa shape index (κ3) is 3.86. The van der Waals surface area contributed by atoms with Gasteiger partial charge >= 0.3 is 6.18 Å². The van der Waals surface area contributed by atoms with Gasteiger partial charge in [-0.1, -0.05) is 28.1 Å². The van der Waals surface area contributed by atoms with E-state index in [0.717, 1.165) is 10.5 Å². The maximum atomic E-state index is 13.7. The lowest BCUT2D eigenvalue weighted by molar-refractivity contribution is -0.142. The number of aromatic nitrogens is 3. The zero-order valence-electron chi connectivity index (χ0n) is 15.4. The van der Waals surface area contributed by atoms with Gasteiger partial charge in [0.25, 0.3) is 5.91 Å². The summed E-state index contributed by atoms with van der Waals surface area (Å²) in [5, 5.41) is 3.83. The fourth-order valence-corrected chi connectivity index (χ4v) is 3.53. The molecule has 2 aromatic heterocycles. The van der Waals surface area contributed by atoms with Gasteiger partial charge in [-0.05, 0) is 25.2 Å². The zero-order valence-corrected chi connectivity index (χ0v) is 17.0. The van der Waals surface area contributed by atoms with Gasteiger partial charge in [0.05, 0.1) is 11.9 Å². The average Bonchev–Trinajstić information content (AvgIpc) is 3.11. The van der Waals surface area contributed by atoms with Crippen molar-refractivity contribution in [2.45, 2.75) is 6.18 Å². The minimum absolute atomic E-state index is 0.0685. The summed E-state index contributed by atoms with van der Waals surface area (Å²) in [5.74, 6) is -0.360. The smallest absolute Gasteiger partial charge is 0.336 e. The first-order valence-corrected chi connectivity index (χ1v) is 9.73. The van der Waals surface area contributed by atoms with Gasteiger partial charge in [0, 0.05) is 36.2 Å². The number of hydrogen-bond acceptors (Lipinski definition) is 4. The van der Waals surface area contributed by atoms with Crippen LogP contribution in [0.3, 0.4) is 0 Å². The van der Waals surface area contributed by atoms with E-state index in [1.165, 1.54) is 6.20 Å². The van der Waals surface area contributed by atoms with Gasteiger partial charge < -0.3 is 9.80 Å². The molecule has 3 aromatic rings. The topological polar surface area (TPSA) is 53.7 Å². The molecule has 0 spiro atoms. The van der Waals surface area contributed by atoms with Gasteiger partial charge in [0.2, 0.25) is 0 Å². The van der Waals surface area contributed by atoms with E-state index in [-0.39, 0.29) is 22.8 Å². The molecule has 10 heteroatoms. The van der Waals surface area contributed by atoms with Crippen LogP contribution < -0.4 is 0 Å². The quantitative estimate of drug-likeness (QED) is 0.578. The summed E-state index contributed by atoms with van der Waals surface area (Å²) in [5.41, 5.74) is -0.357. The van der Waals surface area contributed by atoms with E-state index in [0.29, 0.717) is 36.3 Å². The Labute approximate surface area is 173 Å². The molecular formula is C19H17BrF3N5O. The highest BCUT2D eigenvalue weighted by atomic mass is 79.9. The number of amides is 1. The van der Waals surface area contributed by atoms with E-state index in [1.807, 2.05) is 7.05 Å². The monoisotopic (exact) mass is 467 g/mol. The molecule has 0 radical (unpaired) electrons. The molecule has 0 aliphatic carbocycles. The SMILES string of the molecule is CN1CCN(C(=O)c2cnn3c(C(F)(F)F)cc(-c4ccc(Br)cc4)nc23)CC1. The summed E-state index contributed by atoms with van der Waals surface area (Å²) >= 11 is 3.31. The summed E-state index contributed by atoms with van der Waals surface area (Å²) in [6, 6.07) is 7.73. The lowest BCUT2D eigenvalue weighted by Crippen LogP contribution is -2.47. The van der Waals surface area contributed by atoms with Crippen LogP contribution >= 0.6 is 15.9 Å².